The Labute approximate surface area is 267 Å². The number of aliphatic hydroxyl groups is 3. The van der Waals surface area contributed by atoms with Crippen LogP contribution in [0.15, 0.2) is 65.4 Å². The number of nitrogens with two attached hydrogens (primary N) is 1. The van der Waals surface area contributed by atoms with E-state index in [2.05, 4.69) is 26.0 Å². The number of phenolic OH excluding ortho intramolecular Hbond substituents is 1. The van der Waals surface area contributed by atoms with Gasteiger partial charge < -0.3 is 26.2 Å². The summed E-state index contributed by atoms with van der Waals surface area (Å²) in [7, 11) is 3.18. The van der Waals surface area contributed by atoms with Crippen molar-refractivity contribution in [3.63, 3.8) is 0 Å². The molecule has 9 nitrogen and oxygen atoms in total. The predicted octanol–water partition coefficient (Wildman–Crippen LogP) is 4.76. The van der Waals surface area contributed by atoms with Crippen molar-refractivity contribution in [2.45, 2.75) is 58.6 Å². The second kappa shape index (κ2) is 10.3. The van der Waals surface area contributed by atoms with E-state index in [4.69, 9.17) is 5.73 Å². The smallest absolute Gasteiger partial charge is 0.255 e. The van der Waals surface area contributed by atoms with Gasteiger partial charge in [-0.05, 0) is 78.4 Å². The highest BCUT2D eigenvalue weighted by molar-refractivity contribution is 6.25. The molecule has 6 rings (SSSR count). The molecule has 3 aromatic carbocycles. The van der Waals surface area contributed by atoms with Gasteiger partial charge in [-0.25, -0.2) is 0 Å². The second-order valence-electron chi connectivity index (χ2n) is 14.3. The molecule has 3 aliphatic rings. The van der Waals surface area contributed by atoms with Crippen molar-refractivity contribution in [1.29, 1.82) is 0 Å². The summed E-state index contributed by atoms with van der Waals surface area (Å²) in [6, 6.07) is 14.3. The SMILES string of the molecule is CC(C)Cc1ccc(-c2ccc(O)c3c2C[C@@]2(C)C[C@@]4(C)[C@H](N(C)C)C(=O)C(C(N)=O)=C(O)[C@@]4(O)C(=O)C2=C3O)c2ccccc12. The zero-order valence-corrected chi connectivity index (χ0v) is 26.9. The molecule has 4 atom stereocenters. The Morgan fingerprint density at radius 3 is 2.22 bits per heavy atom. The topological polar surface area (TPSA) is 161 Å². The van der Waals surface area contributed by atoms with Gasteiger partial charge in [0, 0.05) is 16.4 Å². The van der Waals surface area contributed by atoms with Crippen LogP contribution < -0.4 is 5.73 Å². The Kier molecular flexibility index (Phi) is 7.03. The van der Waals surface area contributed by atoms with Crippen LogP contribution in [-0.2, 0) is 27.2 Å². The number of hydrogen-bond acceptors (Lipinski definition) is 8. The maximum absolute atomic E-state index is 14.5. The first-order valence-electron chi connectivity index (χ1n) is 15.5. The third-order valence-corrected chi connectivity index (χ3v) is 10.4. The van der Waals surface area contributed by atoms with Gasteiger partial charge in [0.1, 0.15) is 22.8 Å². The molecular weight excluding hydrogens is 584 g/mol. The Hall–Kier alpha value is -4.47. The van der Waals surface area contributed by atoms with Crippen LogP contribution in [0.3, 0.4) is 0 Å². The summed E-state index contributed by atoms with van der Waals surface area (Å²) in [5.74, 6) is -4.54. The van der Waals surface area contributed by atoms with Gasteiger partial charge in [0.25, 0.3) is 5.91 Å². The number of hydrogen-bond donors (Lipinski definition) is 5. The Morgan fingerprint density at radius 1 is 0.978 bits per heavy atom. The lowest BCUT2D eigenvalue weighted by Gasteiger charge is -2.59. The Balaban J connectivity index is 1.63. The standard InChI is InChI=1S/C37H40N2O7/c1-18(2)15-19-11-12-22(21-10-8-7-9-20(19)21)23-13-14-25(40)26-24(23)16-35(3)17-36(4)31(39(5)6)30(42)27(34(38)45)32(43)37(36,46)33(44)28(35)29(26)41/h7-14,18,31,40-41,43,46H,15-17H2,1-6H3,(H2,38,45)/t31-,35+,36+,37-/m1/s1. The fourth-order valence-electron chi connectivity index (χ4n) is 8.79. The Morgan fingerprint density at radius 2 is 1.61 bits per heavy atom. The number of benzene rings is 3. The molecule has 1 saturated carbocycles. The molecule has 240 valence electrons. The van der Waals surface area contributed by atoms with E-state index in [1.54, 1.807) is 27.9 Å². The largest absolute Gasteiger partial charge is 0.508 e. The van der Waals surface area contributed by atoms with Crippen LogP contribution in [0.4, 0.5) is 0 Å². The van der Waals surface area contributed by atoms with Gasteiger partial charge in [-0.3, -0.25) is 19.3 Å². The fourth-order valence-corrected chi connectivity index (χ4v) is 8.79. The van der Waals surface area contributed by atoms with E-state index >= 15 is 0 Å². The molecule has 0 bridgehead atoms. The molecule has 46 heavy (non-hydrogen) atoms. The maximum Gasteiger partial charge on any atom is 0.255 e. The second-order valence-corrected chi connectivity index (χ2v) is 14.3. The van der Waals surface area contributed by atoms with Gasteiger partial charge >= 0.3 is 0 Å². The summed E-state index contributed by atoms with van der Waals surface area (Å²) in [6.45, 7) is 7.67. The van der Waals surface area contributed by atoms with Crippen molar-refractivity contribution in [2.24, 2.45) is 22.5 Å². The summed E-state index contributed by atoms with van der Waals surface area (Å²) in [6.07, 6.45) is 1.04. The monoisotopic (exact) mass is 624 g/mol. The minimum atomic E-state index is -2.75. The van der Waals surface area contributed by atoms with Crippen molar-refractivity contribution in [1.82, 2.24) is 4.90 Å². The quantitative estimate of drug-likeness (QED) is 0.254. The summed E-state index contributed by atoms with van der Waals surface area (Å²) in [5, 5.41) is 48.7. The number of carbonyl (C=O) groups excluding carboxylic acids is 3. The number of rotatable bonds is 5. The molecule has 0 aromatic heterocycles. The molecule has 0 saturated heterocycles. The van der Waals surface area contributed by atoms with E-state index in [1.807, 2.05) is 30.3 Å². The number of phenols is 1. The average Bonchev–Trinajstić information content (AvgIpc) is 2.95. The van der Waals surface area contributed by atoms with Crippen molar-refractivity contribution in [2.75, 3.05) is 14.1 Å². The third-order valence-electron chi connectivity index (χ3n) is 10.4. The first kappa shape index (κ1) is 31.5. The average molecular weight is 625 g/mol. The van der Waals surface area contributed by atoms with Gasteiger partial charge in [0.15, 0.2) is 11.4 Å². The minimum absolute atomic E-state index is 0.0328. The zero-order valence-electron chi connectivity index (χ0n) is 26.9. The molecule has 3 aliphatic carbocycles. The molecule has 1 amide bonds. The van der Waals surface area contributed by atoms with Crippen LogP contribution in [0, 0.1) is 16.7 Å². The van der Waals surface area contributed by atoms with E-state index < -0.39 is 57.0 Å². The van der Waals surface area contributed by atoms with Crippen LogP contribution in [0.2, 0.25) is 0 Å². The number of amides is 1. The molecule has 3 aromatic rings. The predicted molar refractivity (Wildman–Crippen MR) is 175 cm³/mol. The highest BCUT2D eigenvalue weighted by Crippen LogP contribution is 2.63. The summed E-state index contributed by atoms with van der Waals surface area (Å²) in [5.41, 5.74) is 2.48. The third kappa shape index (κ3) is 4.04. The van der Waals surface area contributed by atoms with E-state index in [1.165, 1.54) is 16.5 Å². The number of likely N-dealkylation sites (N-methyl/N-ethyl adjacent to an activating group) is 1. The van der Waals surface area contributed by atoms with E-state index in [-0.39, 0.29) is 29.7 Å². The highest BCUT2D eigenvalue weighted by atomic mass is 16.3. The first-order chi connectivity index (χ1) is 21.5. The lowest BCUT2D eigenvalue weighted by Crippen LogP contribution is -2.72. The van der Waals surface area contributed by atoms with Gasteiger partial charge in [0.2, 0.25) is 5.78 Å². The van der Waals surface area contributed by atoms with Gasteiger partial charge in [-0.1, -0.05) is 70.2 Å². The zero-order chi connectivity index (χ0) is 33.7. The fraction of sp³-hybridized carbons (Fsp3) is 0.378. The first-order valence-corrected chi connectivity index (χ1v) is 15.5. The number of primary amides is 1. The molecule has 0 aliphatic heterocycles. The highest BCUT2D eigenvalue weighted by Gasteiger charge is 2.72. The lowest BCUT2D eigenvalue weighted by atomic mass is 9.46. The van der Waals surface area contributed by atoms with Gasteiger partial charge in [-0.2, -0.15) is 0 Å². The van der Waals surface area contributed by atoms with E-state index in [9.17, 15) is 34.8 Å². The van der Waals surface area contributed by atoms with Crippen molar-refractivity contribution in [3.05, 3.63) is 82.1 Å². The van der Waals surface area contributed by atoms with Gasteiger partial charge in [-0.15, -0.1) is 0 Å². The van der Waals surface area contributed by atoms with E-state index in [0.29, 0.717) is 11.5 Å². The normalized spacial score (nSPS) is 27.7. The van der Waals surface area contributed by atoms with Crippen LogP contribution in [0.1, 0.15) is 50.8 Å². The van der Waals surface area contributed by atoms with Gasteiger partial charge in [0.05, 0.1) is 11.6 Å². The van der Waals surface area contributed by atoms with Crippen LogP contribution in [0.25, 0.3) is 27.7 Å². The molecule has 1 fully saturated rings. The maximum atomic E-state index is 14.5. The number of carbonyl (C=O) groups is 3. The molecule has 0 heterocycles. The molecule has 0 unspecified atom stereocenters. The van der Waals surface area contributed by atoms with Crippen molar-refractivity contribution >= 4 is 34.0 Å². The van der Waals surface area contributed by atoms with Crippen LogP contribution in [-0.4, -0.2) is 68.5 Å². The number of ketones is 2. The summed E-state index contributed by atoms with van der Waals surface area (Å²) < 4.78 is 0. The molecule has 6 N–H and O–H groups in total. The Bertz CT molecular complexity index is 1940. The van der Waals surface area contributed by atoms with Crippen molar-refractivity contribution in [3.8, 4) is 16.9 Å². The molecule has 0 radical (unpaired) electrons. The van der Waals surface area contributed by atoms with Crippen LogP contribution in [0.5, 0.6) is 5.75 Å². The number of aliphatic hydroxyl groups excluding tert-OH is 2. The lowest BCUT2D eigenvalue weighted by molar-refractivity contribution is -0.175. The van der Waals surface area contributed by atoms with E-state index in [0.717, 1.165) is 28.3 Å². The number of fused-ring (bicyclic) bond motifs is 4. The molecule has 9 heteroatoms. The molecular formula is C37H40N2O7. The molecule has 0 spiro atoms. The summed E-state index contributed by atoms with van der Waals surface area (Å²) in [4.78, 5) is 42.1. The number of aromatic hydroxyl groups is 1. The number of Topliss-reactive ketones (excluding diaryl/α,β-unsaturated/α-hetero) is 2. The minimum Gasteiger partial charge on any atom is -0.508 e. The van der Waals surface area contributed by atoms with Crippen LogP contribution >= 0.6 is 0 Å². The number of nitrogens with zero attached hydrogens (tertiary/aromatic N) is 1. The van der Waals surface area contributed by atoms with Crippen molar-refractivity contribution < 1.29 is 34.8 Å². The summed E-state index contributed by atoms with van der Waals surface area (Å²) >= 11 is 0.